The van der Waals surface area contributed by atoms with Crippen LogP contribution in [0.4, 0.5) is 0 Å². The Morgan fingerprint density at radius 3 is 1.46 bits per heavy atom. The SMILES string of the molecule is CO[Si](OC)(OC(C)(C)C)C(C)C. The maximum atomic E-state index is 5.88. The molecule has 0 aliphatic carbocycles. The summed E-state index contributed by atoms with van der Waals surface area (Å²) in [6.45, 7) is 10.1. The molecule has 0 aromatic rings. The van der Waals surface area contributed by atoms with Crippen LogP contribution in [0, 0.1) is 0 Å². The molecule has 3 nitrogen and oxygen atoms in total. The zero-order valence-electron chi connectivity index (χ0n) is 9.80. The highest BCUT2D eigenvalue weighted by molar-refractivity contribution is 6.62. The molecule has 0 fully saturated rings. The third-order valence-corrected chi connectivity index (χ3v) is 5.17. The van der Waals surface area contributed by atoms with Gasteiger partial charge in [-0.2, -0.15) is 0 Å². The molecule has 0 aliphatic heterocycles. The summed E-state index contributed by atoms with van der Waals surface area (Å²) in [6.07, 6.45) is 0. The highest BCUT2D eigenvalue weighted by Gasteiger charge is 2.46. The Balaban J connectivity index is 4.58. The van der Waals surface area contributed by atoms with Crippen LogP contribution in [0.15, 0.2) is 0 Å². The Bertz CT molecular complexity index is 147. The fourth-order valence-corrected chi connectivity index (χ4v) is 3.55. The molecule has 0 N–H and O–H groups in total. The van der Waals surface area contributed by atoms with Crippen molar-refractivity contribution in [3.63, 3.8) is 0 Å². The largest absolute Gasteiger partial charge is 0.503 e. The van der Waals surface area contributed by atoms with Crippen LogP contribution in [-0.4, -0.2) is 28.6 Å². The van der Waals surface area contributed by atoms with Crippen molar-refractivity contribution in [2.45, 2.75) is 45.8 Å². The Labute approximate surface area is 82.8 Å². The van der Waals surface area contributed by atoms with E-state index in [2.05, 4.69) is 13.8 Å². The minimum atomic E-state index is -2.46. The van der Waals surface area contributed by atoms with E-state index in [1.807, 2.05) is 20.8 Å². The predicted molar refractivity (Wildman–Crippen MR) is 55.7 cm³/mol. The minimum Gasteiger partial charge on any atom is -0.377 e. The van der Waals surface area contributed by atoms with Crippen molar-refractivity contribution in [2.75, 3.05) is 14.2 Å². The molecular formula is C9H22O3Si. The Hall–Kier alpha value is 0.0969. The van der Waals surface area contributed by atoms with Gasteiger partial charge in [0, 0.05) is 19.8 Å². The Morgan fingerprint density at radius 2 is 1.38 bits per heavy atom. The molecule has 0 amide bonds. The lowest BCUT2D eigenvalue weighted by Gasteiger charge is -2.36. The summed E-state index contributed by atoms with van der Waals surface area (Å²) >= 11 is 0. The first-order valence-corrected chi connectivity index (χ1v) is 6.38. The summed E-state index contributed by atoms with van der Waals surface area (Å²) in [4.78, 5) is 0. The zero-order chi connectivity index (χ0) is 10.7. The van der Waals surface area contributed by atoms with Gasteiger partial charge in [0.25, 0.3) is 0 Å². The maximum Gasteiger partial charge on any atom is 0.503 e. The second-order valence-corrected chi connectivity index (χ2v) is 7.76. The molecule has 4 heteroatoms. The summed E-state index contributed by atoms with van der Waals surface area (Å²) in [6, 6.07) is 0. The maximum absolute atomic E-state index is 5.88. The van der Waals surface area contributed by atoms with E-state index in [1.165, 1.54) is 0 Å². The van der Waals surface area contributed by atoms with Crippen LogP contribution >= 0.6 is 0 Å². The third kappa shape index (κ3) is 3.77. The molecule has 0 atom stereocenters. The molecular weight excluding hydrogens is 184 g/mol. The van der Waals surface area contributed by atoms with Gasteiger partial charge >= 0.3 is 8.80 Å². The van der Waals surface area contributed by atoms with Crippen LogP contribution in [-0.2, 0) is 13.3 Å². The van der Waals surface area contributed by atoms with E-state index in [-0.39, 0.29) is 11.1 Å². The van der Waals surface area contributed by atoms with E-state index in [0.717, 1.165) is 0 Å². The van der Waals surface area contributed by atoms with E-state index in [1.54, 1.807) is 14.2 Å². The first-order chi connectivity index (χ1) is 5.77. The van der Waals surface area contributed by atoms with Crippen molar-refractivity contribution in [3.8, 4) is 0 Å². The van der Waals surface area contributed by atoms with Crippen LogP contribution < -0.4 is 0 Å². The van der Waals surface area contributed by atoms with Crippen LogP contribution in [0.5, 0.6) is 0 Å². The van der Waals surface area contributed by atoms with Crippen LogP contribution in [0.1, 0.15) is 34.6 Å². The highest BCUT2D eigenvalue weighted by atomic mass is 28.4. The average Bonchev–Trinajstić information content (AvgIpc) is 1.98. The topological polar surface area (TPSA) is 27.7 Å². The summed E-state index contributed by atoms with van der Waals surface area (Å²) in [5.41, 5.74) is 0.0596. The summed E-state index contributed by atoms with van der Waals surface area (Å²) in [5, 5.41) is 0. The smallest absolute Gasteiger partial charge is 0.377 e. The van der Waals surface area contributed by atoms with Crippen LogP contribution in [0.25, 0.3) is 0 Å². The van der Waals surface area contributed by atoms with Gasteiger partial charge in [-0.15, -0.1) is 0 Å². The molecule has 0 saturated carbocycles. The number of rotatable bonds is 4. The fraction of sp³-hybridized carbons (Fsp3) is 1.00. The van der Waals surface area contributed by atoms with Gasteiger partial charge in [0.05, 0.1) is 5.60 Å². The fourth-order valence-electron chi connectivity index (χ4n) is 1.18. The third-order valence-electron chi connectivity index (χ3n) is 1.72. The Kier molecular flexibility index (Phi) is 4.58. The molecule has 0 aromatic heterocycles. The molecule has 0 unspecified atom stereocenters. The van der Waals surface area contributed by atoms with Crippen molar-refractivity contribution in [1.82, 2.24) is 0 Å². The number of hydrogen-bond donors (Lipinski definition) is 0. The van der Waals surface area contributed by atoms with Crippen molar-refractivity contribution in [3.05, 3.63) is 0 Å². The van der Waals surface area contributed by atoms with Gasteiger partial charge in [-0.3, -0.25) is 0 Å². The molecule has 0 rings (SSSR count). The molecule has 80 valence electrons. The van der Waals surface area contributed by atoms with Gasteiger partial charge in [-0.25, -0.2) is 0 Å². The van der Waals surface area contributed by atoms with Crippen molar-refractivity contribution in [1.29, 1.82) is 0 Å². The number of hydrogen-bond acceptors (Lipinski definition) is 3. The van der Waals surface area contributed by atoms with E-state index in [4.69, 9.17) is 13.3 Å². The summed E-state index contributed by atoms with van der Waals surface area (Å²) in [5.74, 6) is 0. The van der Waals surface area contributed by atoms with Gasteiger partial charge in [0.1, 0.15) is 0 Å². The second-order valence-electron chi connectivity index (χ2n) is 4.38. The van der Waals surface area contributed by atoms with Crippen LogP contribution in [0.2, 0.25) is 5.54 Å². The lowest BCUT2D eigenvalue weighted by molar-refractivity contribution is 0.0113. The van der Waals surface area contributed by atoms with E-state index in [0.29, 0.717) is 0 Å². The van der Waals surface area contributed by atoms with Gasteiger partial charge in [-0.1, -0.05) is 13.8 Å². The highest BCUT2D eigenvalue weighted by Crippen LogP contribution is 2.28. The van der Waals surface area contributed by atoms with Gasteiger partial charge < -0.3 is 13.3 Å². The quantitative estimate of drug-likeness (QED) is 0.661. The first kappa shape index (κ1) is 13.1. The summed E-state index contributed by atoms with van der Waals surface area (Å²) in [7, 11) is 0.852. The van der Waals surface area contributed by atoms with E-state index >= 15 is 0 Å². The molecule has 0 spiro atoms. The molecule has 0 radical (unpaired) electrons. The predicted octanol–water partition coefficient (Wildman–Crippen LogP) is 2.44. The molecule has 0 heterocycles. The lowest BCUT2D eigenvalue weighted by atomic mass is 10.2. The average molecular weight is 206 g/mol. The van der Waals surface area contributed by atoms with E-state index in [9.17, 15) is 0 Å². The second kappa shape index (κ2) is 4.55. The van der Waals surface area contributed by atoms with Crippen molar-refractivity contribution in [2.24, 2.45) is 0 Å². The van der Waals surface area contributed by atoms with Gasteiger partial charge in [0.15, 0.2) is 0 Å². The molecule has 13 heavy (non-hydrogen) atoms. The van der Waals surface area contributed by atoms with Crippen molar-refractivity contribution < 1.29 is 13.3 Å². The minimum absolute atomic E-state index is 0.220. The van der Waals surface area contributed by atoms with E-state index < -0.39 is 8.80 Å². The lowest BCUT2D eigenvalue weighted by Crippen LogP contribution is -2.51. The van der Waals surface area contributed by atoms with Crippen molar-refractivity contribution >= 4 is 8.80 Å². The zero-order valence-corrected chi connectivity index (χ0v) is 10.8. The first-order valence-electron chi connectivity index (χ1n) is 4.58. The molecule has 0 saturated heterocycles. The molecule has 0 aliphatic rings. The molecule has 0 bridgehead atoms. The van der Waals surface area contributed by atoms with Crippen LogP contribution in [0.3, 0.4) is 0 Å². The monoisotopic (exact) mass is 206 g/mol. The Morgan fingerprint density at radius 1 is 1.00 bits per heavy atom. The standard InChI is InChI=1S/C9H22O3Si/c1-8(2)13(10-6,11-7)12-9(3,4)5/h8H,1-7H3. The van der Waals surface area contributed by atoms with Gasteiger partial charge in [0.2, 0.25) is 0 Å². The van der Waals surface area contributed by atoms with Gasteiger partial charge in [-0.05, 0) is 20.8 Å². The normalized spacial score (nSPS) is 13.8. The summed E-state index contributed by atoms with van der Waals surface area (Å²) < 4.78 is 16.7. The molecule has 0 aromatic carbocycles.